The van der Waals surface area contributed by atoms with Crippen LogP contribution in [0.5, 0.6) is 0 Å². The number of carbonyl (C=O) groups is 1. The summed E-state index contributed by atoms with van der Waals surface area (Å²) in [6, 6.07) is 4.25. The summed E-state index contributed by atoms with van der Waals surface area (Å²) in [6.07, 6.45) is 0. The average Bonchev–Trinajstić information content (AvgIpc) is 2.27. The molecule has 9 heteroatoms. The van der Waals surface area contributed by atoms with E-state index in [0.717, 1.165) is 0 Å². The van der Waals surface area contributed by atoms with Gasteiger partial charge in [0.1, 0.15) is 16.6 Å². The Bertz CT molecular complexity index is 479. The van der Waals surface area contributed by atoms with Crippen LogP contribution in [0.2, 0.25) is 0 Å². The lowest BCUT2D eigenvalue weighted by molar-refractivity contribution is -0.0383. The van der Waals surface area contributed by atoms with Crippen molar-refractivity contribution in [1.82, 2.24) is 10.3 Å². The number of pyridine rings is 1. The molecule has 1 heterocycles. The second-order valence-corrected chi connectivity index (χ2v) is 5.10. The van der Waals surface area contributed by atoms with E-state index >= 15 is 0 Å². The first-order valence-electron chi connectivity index (χ1n) is 5.23. The van der Waals surface area contributed by atoms with Crippen LogP contribution in [0, 0.1) is 6.92 Å². The zero-order valence-electron chi connectivity index (χ0n) is 9.95. The highest BCUT2D eigenvalue weighted by atomic mass is 32.2. The van der Waals surface area contributed by atoms with Crippen LogP contribution < -0.4 is 10.6 Å². The monoisotopic (exact) mass is 295 g/mol. The molecule has 1 rings (SSSR count). The molecule has 0 spiro atoms. The third kappa shape index (κ3) is 5.69. The maximum atomic E-state index is 11.9. The zero-order chi connectivity index (χ0) is 14.5. The van der Waals surface area contributed by atoms with E-state index in [2.05, 4.69) is 15.6 Å². The average molecular weight is 295 g/mol. The van der Waals surface area contributed by atoms with Crippen molar-refractivity contribution >= 4 is 22.6 Å². The van der Waals surface area contributed by atoms with Crippen LogP contribution in [0.15, 0.2) is 18.2 Å². The summed E-state index contributed by atoms with van der Waals surface area (Å²) in [5.74, 6) is -0.396. The molecule has 5 nitrogen and oxygen atoms in total. The van der Waals surface area contributed by atoms with Gasteiger partial charge in [-0.2, -0.15) is 13.2 Å². The molecule has 0 saturated heterocycles. The van der Waals surface area contributed by atoms with Crippen LogP contribution >= 0.6 is 0 Å². The van der Waals surface area contributed by atoms with Crippen molar-refractivity contribution in [3.63, 3.8) is 0 Å². The van der Waals surface area contributed by atoms with E-state index < -0.39 is 28.1 Å². The maximum absolute atomic E-state index is 11.9. The molecule has 1 atom stereocenters. The van der Waals surface area contributed by atoms with Crippen molar-refractivity contribution in [3.8, 4) is 0 Å². The Hall–Kier alpha value is -1.64. The van der Waals surface area contributed by atoms with Crippen LogP contribution in [-0.2, 0) is 10.8 Å². The quantitative estimate of drug-likeness (QED) is 0.889. The van der Waals surface area contributed by atoms with Crippen LogP contribution in [0.4, 0.5) is 23.8 Å². The van der Waals surface area contributed by atoms with Crippen LogP contribution in [0.3, 0.4) is 0 Å². The fourth-order valence-corrected chi connectivity index (χ4v) is 1.67. The lowest BCUT2D eigenvalue weighted by atomic mass is 10.4. The highest BCUT2D eigenvalue weighted by Gasteiger charge is 2.36. The number of halogens is 3. The largest absolute Gasteiger partial charge is 0.471 e. The van der Waals surface area contributed by atoms with Gasteiger partial charge in [-0.1, -0.05) is 6.07 Å². The first kappa shape index (κ1) is 15.4. The van der Waals surface area contributed by atoms with Crippen molar-refractivity contribution in [2.75, 3.05) is 17.6 Å². The lowest BCUT2D eigenvalue weighted by Crippen LogP contribution is -2.34. The predicted octanol–water partition coefficient (Wildman–Crippen LogP) is 1.78. The van der Waals surface area contributed by atoms with Crippen molar-refractivity contribution < 1.29 is 22.2 Å². The molecule has 106 valence electrons. The zero-order valence-corrected chi connectivity index (χ0v) is 10.8. The minimum absolute atomic E-state index is 0.287. The highest BCUT2D eigenvalue weighted by molar-refractivity contribution is 7.85. The summed E-state index contributed by atoms with van der Waals surface area (Å²) in [6.45, 7) is 1.39. The smallest absolute Gasteiger partial charge is 0.337 e. The predicted molar refractivity (Wildman–Crippen MR) is 65.1 cm³/mol. The number of rotatable bonds is 4. The van der Waals surface area contributed by atoms with E-state index in [0.29, 0.717) is 5.69 Å². The Morgan fingerprint density at radius 1 is 1.42 bits per heavy atom. The van der Waals surface area contributed by atoms with Gasteiger partial charge in [-0.05, 0) is 19.1 Å². The van der Waals surface area contributed by atoms with Crippen molar-refractivity contribution in [2.45, 2.75) is 12.4 Å². The van der Waals surface area contributed by atoms with E-state index in [9.17, 15) is 22.2 Å². The molecule has 0 aliphatic carbocycles. The molecule has 0 radical (unpaired) electrons. The van der Waals surface area contributed by atoms with E-state index in [1.165, 1.54) is 0 Å². The minimum Gasteiger partial charge on any atom is -0.337 e. The molecular formula is C10H12F3N3O2S. The van der Waals surface area contributed by atoms with Gasteiger partial charge in [0.2, 0.25) is 0 Å². The molecule has 0 saturated carbocycles. The van der Waals surface area contributed by atoms with Gasteiger partial charge in [-0.3, -0.25) is 9.53 Å². The van der Waals surface area contributed by atoms with Gasteiger partial charge in [0, 0.05) is 18.0 Å². The Morgan fingerprint density at radius 2 is 2.11 bits per heavy atom. The molecule has 1 aromatic heterocycles. The van der Waals surface area contributed by atoms with Crippen LogP contribution in [-0.4, -0.2) is 33.0 Å². The number of urea groups is 1. The summed E-state index contributed by atoms with van der Waals surface area (Å²) in [7, 11) is -2.96. The summed E-state index contributed by atoms with van der Waals surface area (Å²) in [5.41, 5.74) is -4.06. The van der Waals surface area contributed by atoms with Crippen molar-refractivity contribution in [3.05, 3.63) is 23.9 Å². The van der Waals surface area contributed by atoms with Gasteiger partial charge in [0.05, 0.1) is 0 Å². The van der Waals surface area contributed by atoms with Crippen LogP contribution in [0.1, 0.15) is 5.69 Å². The molecular weight excluding hydrogens is 283 g/mol. The number of anilines is 1. The summed E-state index contributed by atoms with van der Waals surface area (Å²) < 4.78 is 46.4. The molecule has 2 N–H and O–H groups in total. The SMILES string of the molecule is Cc1cccc(NC(=O)NCCS(=O)C(F)(F)F)n1. The second-order valence-electron chi connectivity index (χ2n) is 3.54. The summed E-state index contributed by atoms with van der Waals surface area (Å²) in [4.78, 5) is 15.3. The van der Waals surface area contributed by atoms with E-state index in [4.69, 9.17) is 0 Å². The van der Waals surface area contributed by atoms with Crippen molar-refractivity contribution in [2.24, 2.45) is 0 Å². The number of hydrogen-bond acceptors (Lipinski definition) is 3. The molecule has 19 heavy (non-hydrogen) atoms. The fourth-order valence-electron chi connectivity index (χ4n) is 1.15. The molecule has 1 unspecified atom stereocenters. The highest BCUT2D eigenvalue weighted by Crippen LogP contribution is 2.19. The van der Waals surface area contributed by atoms with Crippen molar-refractivity contribution in [1.29, 1.82) is 0 Å². The second kappa shape index (κ2) is 6.50. The normalized spacial score (nSPS) is 12.8. The first-order chi connectivity index (χ1) is 8.79. The van der Waals surface area contributed by atoms with Crippen LogP contribution in [0.25, 0.3) is 0 Å². The Balaban J connectivity index is 2.35. The number of carbonyl (C=O) groups excluding carboxylic acids is 1. The Morgan fingerprint density at radius 3 is 2.68 bits per heavy atom. The standard InChI is InChI=1S/C10H12F3N3O2S/c1-7-3-2-4-8(15-7)16-9(17)14-5-6-19(18)10(11,12)13/h2-4H,5-6H2,1H3,(H2,14,15,16,17). The molecule has 0 bridgehead atoms. The van der Waals surface area contributed by atoms with Gasteiger partial charge in [-0.15, -0.1) is 0 Å². The minimum atomic E-state index is -4.75. The number of aromatic nitrogens is 1. The van der Waals surface area contributed by atoms with Gasteiger partial charge in [0.15, 0.2) is 0 Å². The number of amides is 2. The molecule has 1 aromatic rings. The Kier molecular flexibility index (Phi) is 5.28. The number of aryl methyl sites for hydroxylation is 1. The lowest BCUT2D eigenvalue weighted by Gasteiger charge is -2.08. The number of hydrogen-bond donors (Lipinski definition) is 2. The Labute approximate surface area is 110 Å². The fraction of sp³-hybridized carbons (Fsp3) is 0.400. The summed E-state index contributed by atoms with van der Waals surface area (Å²) >= 11 is 0. The molecule has 0 aliphatic heterocycles. The van der Waals surface area contributed by atoms with Gasteiger partial charge >= 0.3 is 11.5 Å². The van der Waals surface area contributed by atoms with E-state index in [1.54, 1.807) is 25.1 Å². The molecule has 2 amide bonds. The molecule has 0 fully saturated rings. The first-order valence-corrected chi connectivity index (χ1v) is 6.54. The van der Waals surface area contributed by atoms with E-state index in [-0.39, 0.29) is 12.4 Å². The molecule has 0 aliphatic rings. The van der Waals surface area contributed by atoms with Gasteiger partial charge in [-0.25, -0.2) is 9.78 Å². The van der Waals surface area contributed by atoms with Gasteiger partial charge in [0.25, 0.3) is 0 Å². The summed E-state index contributed by atoms with van der Waals surface area (Å²) in [5, 5.41) is 4.52. The molecule has 0 aromatic carbocycles. The third-order valence-electron chi connectivity index (χ3n) is 1.96. The van der Waals surface area contributed by atoms with Gasteiger partial charge < -0.3 is 5.32 Å². The topological polar surface area (TPSA) is 71.1 Å². The number of alkyl halides is 3. The van der Waals surface area contributed by atoms with E-state index in [1.807, 2.05) is 0 Å². The number of nitrogens with one attached hydrogen (secondary N) is 2. The number of nitrogens with zero attached hydrogens (tertiary/aromatic N) is 1. The maximum Gasteiger partial charge on any atom is 0.471 e. The third-order valence-corrected chi connectivity index (χ3v) is 3.05.